The summed E-state index contributed by atoms with van der Waals surface area (Å²) in [4.78, 5) is 12.7. The molecule has 2 aromatic carbocycles. The minimum Gasteiger partial charge on any atom is -0.494 e. The molecule has 0 unspecified atom stereocenters. The SMILES string of the molecule is CCOc1cccc(CNC(=O)[C@H]2CCCN(S(=O)(=O)Cc3ccc(Cl)c(Cl)c3)C2)c1. The van der Waals surface area contributed by atoms with Crippen molar-refractivity contribution < 1.29 is 17.9 Å². The summed E-state index contributed by atoms with van der Waals surface area (Å²) >= 11 is 11.9. The van der Waals surface area contributed by atoms with Crippen LogP contribution in [-0.2, 0) is 27.1 Å². The Bertz CT molecular complexity index is 1030. The van der Waals surface area contributed by atoms with Gasteiger partial charge in [-0.25, -0.2) is 12.7 Å². The van der Waals surface area contributed by atoms with E-state index in [0.29, 0.717) is 48.1 Å². The minimum absolute atomic E-state index is 0.142. The lowest BCUT2D eigenvalue weighted by Crippen LogP contribution is -2.45. The van der Waals surface area contributed by atoms with Crippen LogP contribution in [0.15, 0.2) is 42.5 Å². The van der Waals surface area contributed by atoms with Crippen molar-refractivity contribution in [2.45, 2.75) is 32.1 Å². The highest BCUT2D eigenvalue weighted by molar-refractivity contribution is 7.88. The van der Waals surface area contributed by atoms with Crippen LogP contribution in [-0.4, -0.2) is 38.3 Å². The second-order valence-electron chi connectivity index (χ2n) is 7.50. The summed E-state index contributed by atoms with van der Waals surface area (Å²) in [5.41, 5.74) is 1.49. The molecule has 0 bridgehead atoms. The topological polar surface area (TPSA) is 75.7 Å². The van der Waals surface area contributed by atoms with Crippen LogP contribution in [0.2, 0.25) is 10.0 Å². The van der Waals surface area contributed by atoms with E-state index in [1.165, 1.54) is 4.31 Å². The zero-order valence-electron chi connectivity index (χ0n) is 17.3. The highest BCUT2D eigenvalue weighted by Gasteiger charge is 2.32. The molecule has 1 aliphatic rings. The molecular formula is C22H26Cl2N2O4S. The number of piperidine rings is 1. The fourth-order valence-corrected chi connectivity index (χ4v) is 5.50. The zero-order chi connectivity index (χ0) is 22.4. The molecule has 1 saturated heterocycles. The molecule has 1 N–H and O–H groups in total. The number of sulfonamides is 1. The number of nitrogens with one attached hydrogen (secondary N) is 1. The number of hydrogen-bond acceptors (Lipinski definition) is 4. The third-order valence-electron chi connectivity index (χ3n) is 5.16. The van der Waals surface area contributed by atoms with E-state index in [2.05, 4.69) is 5.32 Å². The normalized spacial score (nSPS) is 17.3. The average molecular weight is 485 g/mol. The first kappa shape index (κ1) is 23.9. The first-order chi connectivity index (χ1) is 14.8. The standard InChI is InChI=1S/C22H26Cl2N2O4S/c1-2-30-19-7-3-5-16(11-19)13-25-22(27)18-6-4-10-26(14-18)31(28,29)15-17-8-9-20(23)21(24)12-17/h3,5,7-9,11-12,18H,2,4,6,10,13-15H2,1H3,(H,25,27)/t18-/m0/s1. The molecule has 6 nitrogen and oxygen atoms in total. The van der Waals surface area contributed by atoms with Gasteiger partial charge in [0.2, 0.25) is 15.9 Å². The van der Waals surface area contributed by atoms with Gasteiger partial charge in [-0.2, -0.15) is 0 Å². The number of ether oxygens (including phenoxy) is 1. The highest BCUT2D eigenvalue weighted by Crippen LogP contribution is 2.26. The van der Waals surface area contributed by atoms with E-state index in [9.17, 15) is 13.2 Å². The lowest BCUT2D eigenvalue weighted by Gasteiger charge is -2.31. The van der Waals surface area contributed by atoms with E-state index in [4.69, 9.17) is 27.9 Å². The second kappa shape index (κ2) is 10.7. The fourth-order valence-electron chi connectivity index (χ4n) is 3.59. The van der Waals surface area contributed by atoms with Crippen LogP contribution in [0.25, 0.3) is 0 Å². The molecule has 0 radical (unpaired) electrons. The predicted molar refractivity (Wildman–Crippen MR) is 123 cm³/mol. The van der Waals surface area contributed by atoms with Gasteiger partial charge in [0.25, 0.3) is 0 Å². The third kappa shape index (κ3) is 6.59. The average Bonchev–Trinajstić information content (AvgIpc) is 2.75. The predicted octanol–water partition coefficient (Wildman–Crippen LogP) is 4.25. The van der Waals surface area contributed by atoms with Crippen molar-refractivity contribution in [2.24, 2.45) is 5.92 Å². The Morgan fingerprint density at radius 1 is 1.16 bits per heavy atom. The Hall–Kier alpha value is -1.80. The van der Waals surface area contributed by atoms with Crippen LogP contribution in [0.3, 0.4) is 0 Å². The molecule has 1 atom stereocenters. The summed E-state index contributed by atoms with van der Waals surface area (Å²) in [6.45, 7) is 3.44. The van der Waals surface area contributed by atoms with Crippen molar-refractivity contribution in [1.29, 1.82) is 0 Å². The zero-order valence-corrected chi connectivity index (χ0v) is 19.6. The number of amides is 1. The van der Waals surface area contributed by atoms with Gasteiger partial charge in [0.1, 0.15) is 5.75 Å². The maximum Gasteiger partial charge on any atom is 0.224 e. The lowest BCUT2D eigenvalue weighted by molar-refractivity contribution is -0.126. The lowest BCUT2D eigenvalue weighted by atomic mass is 9.99. The van der Waals surface area contributed by atoms with Crippen LogP contribution in [0.4, 0.5) is 0 Å². The van der Waals surface area contributed by atoms with Gasteiger partial charge in [0.05, 0.1) is 28.3 Å². The highest BCUT2D eigenvalue weighted by atomic mass is 35.5. The first-order valence-corrected chi connectivity index (χ1v) is 12.6. The number of nitrogens with zero attached hydrogens (tertiary/aromatic N) is 1. The molecule has 168 valence electrons. The summed E-state index contributed by atoms with van der Waals surface area (Å²) in [6, 6.07) is 12.3. The van der Waals surface area contributed by atoms with Crippen LogP contribution < -0.4 is 10.1 Å². The summed E-state index contributed by atoms with van der Waals surface area (Å²) in [5, 5.41) is 3.62. The molecule has 1 amide bonds. The van der Waals surface area contributed by atoms with Gasteiger partial charge in [-0.1, -0.05) is 41.4 Å². The summed E-state index contributed by atoms with van der Waals surface area (Å²) in [6.07, 6.45) is 1.29. The second-order valence-corrected chi connectivity index (χ2v) is 10.3. The molecule has 0 saturated carbocycles. The van der Waals surface area contributed by atoms with Gasteiger partial charge in [0.15, 0.2) is 0 Å². The number of carbonyl (C=O) groups excluding carboxylic acids is 1. The number of carbonyl (C=O) groups is 1. The van der Waals surface area contributed by atoms with Crippen molar-refractivity contribution in [3.05, 3.63) is 63.6 Å². The van der Waals surface area contributed by atoms with Crippen LogP contribution in [0.5, 0.6) is 5.75 Å². The van der Waals surface area contributed by atoms with E-state index < -0.39 is 10.0 Å². The summed E-state index contributed by atoms with van der Waals surface area (Å²) in [5.74, 6) is 0.0535. The summed E-state index contributed by atoms with van der Waals surface area (Å²) in [7, 11) is -3.58. The molecule has 0 spiro atoms. The molecule has 31 heavy (non-hydrogen) atoms. The number of benzene rings is 2. The minimum atomic E-state index is -3.58. The van der Waals surface area contributed by atoms with Gasteiger partial charge >= 0.3 is 0 Å². The van der Waals surface area contributed by atoms with E-state index in [1.54, 1.807) is 18.2 Å². The van der Waals surface area contributed by atoms with E-state index in [-0.39, 0.29) is 24.1 Å². The van der Waals surface area contributed by atoms with Gasteiger partial charge in [-0.15, -0.1) is 0 Å². The van der Waals surface area contributed by atoms with Gasteiger partial charge in [-0.3, -0.25) is 4.79 Å². The summed E-state index contributed by atoms with van der Waals surface area (Å²) < 4.78 is 32.7. The van der Waals surface area contributed by atoms with Crippen molar-refractivity contribution in [3.8, 4) is 5.75 Å². The Kier molecular flexibility index (Phi) is 8.22. The fraction of sp³-hybridized carbons (Fsp3) is 0.409. The smallest absolute Gasteiger partial charge is 0.224 e. The van der Waals surface area contributed by atoms with Crippen molar-refractivity contribution in [3.63, 3.8) is 0 Å². The van der Waals surface area contributed by atoms with Crippen LogP contribution in [0, 0.1) is 5.92 Å². The molecule has 0 aliphatic carbocycles. The van der Waals surface area contributed by atoms with Crippen molar-refractivity contribution in [2.75, 3.05) is 19.7 Å². The van der Waals surface area contributed by atoms with Crippen molar-refractivity contribution >= 4 is 39.1 Å². The van der Waals surface area contributed by atoms with E-state index in [1.807, 2.05) is 31.2 Å². The van der Waals surface area contributed by atoms with E-state index in [0.717, 1.165) is 11.3 Å². The largest absolute Gasteiger partial charge is 0.494 e. The third-order valence-corrected chi connectivity index (χ3v) is 7.71. The van der Waals surface area contributed by atoms with Gasteiger partial charge in [-0.05, 0) is 55.2 Å². The number of halogens is 2. The molecule has 1 aliphatic heterocycles. The van der Waals surface area contributed by atoms with Crippen LogP contribution >= 0.6 is 23.2 Å². The van der Waals surface area contributed by atoms with Gasteiger partial charge < -0.3 is 10.1 Å². The van der Waals surface area contributed by atoms with Crippen molar-refractivity contribution in [1.82, 2.24) is 9.62 Å². The van der Waals surface area contributed by atoms with E-state index >= 15 is 0 Å². The maximum absolute atomic E-state index is 12.9. The number of rotatable bonds is 8. The monoisotopic (exact) mass is 484 g/mol. The number of hydrogen-bond donors (Lipinski definition) is 1. The maximum atomic E-state index is 12.9. The quantitative estimate of drug-likeness (QED) is 0.607. The molecule has 9 heteroatoms. The molecule has 1 heterocycles. The molecule has 0 aromatic heterocycles. The Balaban J connectivity index is 1.59. The van der Waals surface area contributed by atoms with Crippen LogP contribution in [0.1, 0.15) is 30.9 Å². The Morgan fingerprint density at radius 3 is 2.71 bits per heavy atom. The first-order valence-electron chi connectivity index (χ1n) is 10.2. The Labute approximate surface area is 193 Å². The molecular weight excluding hydrogens is 459 g/mol. The molecule has 1 fully saturated rings. The molecule has 2 aromatic rings. The molecule has 3 rings (SSSR count). The Morgan fingerprint density at radius 2 is 1.97 bits per heavy atom. The van der Waals surface area contributed by atoms with Gasteiger partial charge in [0, 0.05) is 19.6 Å².